The smallest absolute Gasteiger partial charge is 0.319 e. The zero-order chi connectivity index (χ0) is 16.0. The van der Waals surface area contributed by atoms with Crippen LogP contribution in [0.3, 0.4) is 0 Å². The zero-order valence-corrected chi connectivity index (χ0v) is 11.9. The van der Waals surface area contributed by atoms with E-state index in [1.807, 2.05) is 0 Å². The zero-order valence-electron chi connectivity index (χ0n) is 11.9. The molecule has 1 unspecified atom stereocenters. The maximum atomic E-state index is 13.7. The van der Waals surface area contributed by atoms with Crippen LogP contribution in [0.25, 0.3) is 0 Å². The second-order valence-electron chi connectivity index (χ2n) is 4.76. The quantitative estimate of drug-likeness (QED) is 0.756. The number of anilines is 1. The molecule has 116 valence electrons. The molecule has 3 N–H and O–H groups in total. The Balaban J connectivity index is 2.62. The van der Waals surface area contributed by atoms with Gasteiger partial charge in [0.15, 0.2) is 5.82 Å². The number of urea groups is 1. The molecule has 0 radical (unpaired) electrons. The second-order valence-corrected chi connectivity index (χ2v) is 4.76. The summed E-state index contributed by atoms with van der Waals surface area (Å²) in [5, 5.41) is 13.2. The maximum absolute atomic E-state index is 13.7. The minimum atomic E-state index is -0.958. The Kier molecular flexibility index (Phi) is 6.08. The molecule has 1 aromatic rings. The van der Waals surface area contributed by atoms with Crippen LogP contribution in [0.2, 0.25) is 0 Å². The molecule has 0 spiro atoms. The Hall–Kier alpha value is -2.18. The Bertz CT molecular complexity index is 535. The van der Waals surface area contributed by atoms with Crippen LogP contribution in [0.15, 0.2) is 12.1 Å². The number of aryl methyl sites for hydroxylation is 1. The van der Waals surface area contributed by atoms with E-state index in [1.165, 1.54) is 13.0 Å². The summed E-state index contributed by atoms with van der Waals surface area (Å²) in [5.41, 5.74) is -0.303. The van der Waals surface area contributed by atoms with Crippen LogP contribution in [-0.2, 0) is 4.79 Å². The standard InChI is InChI=1S/C14H18F2N2O3/c1-3-9(6-11(19)20)7-17-14(21)18-13-10(15)5-4-8(2)12(13)16/h4-5,9H,3,6-7H2,1-2H3,(H,19,20)(H2,17,18,21). The molecule has 0 fully saturated rings. The van der Waals surface area contributed by atoms with Gasteiger partial charge in [-0.25, -0.2) is 13.6 Å². The summed E-state index contributed by atoms with van der Waals surface area (Å²) in [6, 6.07) is 1.56. The highest BCUT2D eigenvalue weighted by Crippen LogP contribution is 2.21. The molecule has 2 amide bonds. The fourth-order valence-corrected chi connectivity index (χ4v) is 1.77. The molecule has 1 aromatic carbocycles. The Morgan fingerprint density at radius 3 is 2.57 bits per heavy atom. The van der Waals surface area contributed by atoms with Crippen molar-refractivity contribution in [3.8, 4) is 0 Å². The minimum Gasteiger partial charge on any atom is -0.481 e. The predicted molar refractivity (Wildman–Crippen MR) is 74.2 cm³/mol. The van der Waals surface area contributed by atoms with Crippen LogP contribution in [0.4, 0.5) is 19.3 Å². The second kappa shape index (κ2) is 7.56. The van der Waals surface area contributed by atoms with Gasteiger partial charge >= 0.3 is 12.0 Å². The highest BCUT2D eigenvalue weighted by atomic mass is 19.1. The van der Waals surface area contributed by atoms with E-state index in [2.05, 4.69) is 10.6 Å². The number of carbonyl (C=O) groups is 2. The fourth-order valence-electron chi connectivity index (χ4n) is 1.77. The van der Waals surface area contributed by atoms with Crippen molar-refractivity contribution in [2.45, 2.75) is 26.7 Å². The fraction of sp³-hybridized carbons (Fsp3) is 0.429. The molecular formula is C14H18F2N2O3. The SMILES string of the molecule is CCC(CNC(=O)Nc1c(F)ccc(C)c1F)CC(=O)O. The van der Waals surface area contributed by atoms with E-state index in [0.717, 1.165) is 6.07 Å². The van der Waals surface area contributed by atoms with Crippen LogP contribution in [0.5, 0.6) is 0 Å². The van der Waals surface area contributed by atoms with Gasteiger partial charge in [0, 0.05) is 13.0 Å². The van der Waals surface area contributed by atoms with Crippen molar-refractivity contribution in [1.82, 2.24) is 5.32 Å². The lowest BCUT2D eigenvalue weighted by molar-refractivity contribution is -0.138. The van der Waals surface area contributed by atoms with Crippen molar-refractivity contribution < 1.29 is 23.5 Å². The molecule has 0 aromatic heterocycles. The van der Waals surface area contributed by atoms with E-state index in [9.17, 15) is 18.4 Å². The lowest BCUT2D eigenvalue weighted by Gasteiger charge is -2.15. The molecule has 0 aliphatic rings. The predicted octanol–water partition coefficient (Wildman–Crippen LogP) is 2.90. The third-order valence-corrected chi connectivity index (χ3v) is 3.11. The Morgan fingerprint density at radius 2 is 2.00 bits per heavy atom. The number of carboxylic acids is 1. The summed E-state index contributed by atoms with van der Waals surface area (Å²) in [6.07, 6.45) is 0.490. The molecule has 5 nitrogen and oxygen atoms in total. The molecule has 0 bridgehead atoms. The average molecular weight is 300 g/mol. The number of hydrogen-bond donors (Lipinski definition) is 3. The lowest BCUT2D eigenvalue weighted by Crippen LogP contribution is -2.34. The number of nitrogens with one attached hydrogen (secondary N) is 2. The number of rotatable bonds is 6. The number of aliphatic carboxylic acids is 1. The van der Waals surface area contributed by atoms with Gasteiger partial charge in [-0.1, -0.05) is 19.4 Å². The lowest BCUT2D eigenvalue weighted by atomic mass is 10.0. The molecule has 1 atom stereocenters. The minimum absolute atomic E-state index is 0.0794. The number of carbonyl (C=O) groups excluding carboxylic acids is 1. The topological polar surface area (TPSA) is 78.4 Å². The van der Waals surface area contributed by atoms with E-state index < -0.39 is 29.3 Å². The van der Waals surface area contributed by atoms with Crippen LogP contribution < -0.4 is 10.6 Å². The van der Waals surface area contributed by atoms with Gasteiger partial charge < -0.3 is 15.7 Å². The van der Waals surface area contributed by atoms with Crippen molar-refractivity contribution in [2.75, 3.05) is 11.9 Å². The molecular weight excluding hydrogens is 282 g/mol. The summed E-state index contributed by atoms with van der Waals surface area (Å²) < 4.78 is 27.2. The van der Waals surface area contributed by atoms with Crippen molar-refractivity contribution in [2.24, 2.45) is 5.92 Å². The van der Waals surface area contributed by atoms with Crippen molar-refractivity contribution in [1.29, 1.82) is 0 Å². The highest BCUT2D eigenvalue weighted by Gasteiger charge is 2.16. The van der Waals surface area contributed by atoms with Gasteiger partial charge in [-0.15, -0.1) is 0 Å². The van der Waals surface area contributed by atoms with E-state index in [1.54, 1.807) is 6.92 Å². The van der Waals surface area contributed by atoms with E-state index in [0.29, 0.717) is 6.42 Å². The van der Waals surface area contributed by atoms with E-state index in [4.69, 9.17) is 5.11 Å². The summed E-state index contributed by atoms with van der Waals surface area (Å²) in [5.74, 6) is -2.89. The van der Waals surface area contributed by atoms with Crippen LogP contribution in [-0.4, -0.2) is 23.7 Å². The third-order valence-electron chi connectivity index (χ3n) is 3.11. The summed E-state index contributed by atoms with van der Waals surface area (Å²) in [4.78, 5) is 22.2. The number of amides is 2. The largest absolute Gasteiger partial charge is 0.481 e. The van der Waals surface area contributed by atoms with Gasteiger partial charge in [0.1, 0.15) is 11.5 Å². The van der Waals surface area contributed by atoms with Gasteiger partial charge in [-0.3, -0.25) is 4.79 Å². The summed E-state index contributed by atoms with van der Waals surface area (Å²) >= 11 is 0. The van der Waals surface area contributed by atoms with Crippen molar-refractivity contribution >= 4 is 17.7 Å². The van der Waals surface area contributed by atoms with Crippen molar-refractivity contribution in [3.63, 3.8) is 0 Å². The Labute approximate surface area is 121 Å². The molecule has 7 heteroatoms. The molecule has 0 saturated carbocycles. The monoisotopic (exact) mass is 300 g/mol. The first-order valence-corrected chi connectivity index (χ1v) is 6.56. The van der Waals surface area contributed by atoms with E-state index >= 15 is 0 Å². The number of halogens is 2. The van der Waals surface area contributed by atoms with Gasteiger partial charge in [0.05, 0.1) is 0 Å². The average Bonchev–Trinajstić information content (AvgIpc) is 2.43. The molecule has 21 heavy (non-hydrogen) atoms. The maximum Gasteiger partial charge on any atom is 0.319 e. The first-order valence-electron chi connectivity index (χ1n) is 6.56. The molecule has 0 aliphatic heterocycles. The number of carboxylic acid groups (broad SMARTS) is 1. The highest BCUT2D eigenvalue weighted by molar-refractivity contribution is 5.89. The van der Waals surface area contributed by atoms with E-state index in [-0.39, 0.29) is 24.4 Å². The molecule has 0 heterocycles. The van der Waals surface area contributed by atoms with Crippen LogP contribution in [0.1, 0.15) is 25.3 Å². The number of benzene rings is 1. The van der Waals surface area contributed by atoms with Gasteiger partial charge in [-0.2, -0.15) is 0 Å². The molecule has 0 saturated heterocycles. The normalized spacial score (nSPS) is 11.8. The third kappa shape index (κ3) is 5.02. The number of hydrogen-bond acceptors (Lipinski definition) is 2. The van der Waals surface area contributed by atoms with Crippen molar-refractivity contribution in [3.05, 3.63) is 29.3 Å². The first kappa shape index (κ1) is 16.9. The molecule has 1 rings (SSSR count). The van der Waals surface area contributed by atoms with Crippen LogP contribution >= 0.6 is 0 Å². The first-order chi connectivity index (χ1) is 9.85. The summed E-state index contributed by atoms with van der Waals surface area (Å²) in [7, 11) is 0. The van der Waals surface area contributed by atoms with Crippen LogP contribution in [0, 0.1) is 24.5 Å². The van der Waals surface area contributed by atoms with Gasteiger partial charge in [-0.05, 0) is 24.5 Å². The Morgan fingerprint density at radius 1 is 1.33 bits per heavy atom. The summed E-state index contributed by atoms with van der Waals surface area (Å²) in [6.45, 7) is 3.37. The van der Waals surface area contributed by atoms with Gasteiger partial charge in [0.2, 0.25) is 0 Å². The van der Waals surface area contributed by atoms with Gasteiger partial charge in [0.25, 0.3) is 0 Å². The molecule has 0 aliphatic carbocycles.